The van der Waals surface area contributed by atoms with Crippen molar-refractivity contribution in [1.82, 2.24) is 4.98 Å². The summed E-state index contributed by atoms with van der Waals surface area (Å²) in [6.07, 6.45) is 1.71. The molecule has 0 bridgehead atoms. The van der Waals surface area contributed by atoms with E-state index in [0.29, 0.717) is 11.4 Å². The van der Waals surface area contributed by atoms with Gasteiger partial charge in [-0.15, -0.1) is 0 Å². The monoisotopic (exact) mass is 297 g/mol. The summed E-state index contributed by atoms with van der Waals surface area (Å²) < 4.78 is 4.84. The van der Waals surface area contributed by atoms with Gasteiger partial charge in [-0.25, -0.2) is 9.78 Å². The Hall–Kier alpha value is -2.56. The van der Waals surface area contributed by atoms with Crippen LogP contribution in [0, 0.1) is 0 Å². The van der Waals surface area contributed by atoms with Crippen molar-refractivity contribution >= 4 is 17.5 Å². The molecule has 0 aliphatic carbocycles. The Morgan fingerprint density at radius 3 is 2.36 bits per heavy atom. The predicted octanol–water partition coefficient (Wildman–Crippen LogP) is 2.19. The third-order valence-electron chi connectivity index (χ3n) is 3.89. The highest BCUT2D eigenvalue weighted by atomic mass is 16.5. The average Bonchev–Trinajstić information content (AvgIpc) is 2.62. The number of aromatic nitrogens is 1. The van der Waals surface area contributed by atoms with Crippen LogP contribution in [0.25, 0.3) is 0 Å². The van der Waals surface area contributed by atoms with Crippen LogP contribution >= 0.6 is 0 Å². The van der Waals surface area contributed by atoms with Crippen molar-refractivity contribution in [3.8, 4) is 0 Å². The van der Waals surface area contributed by atoms with Gasteiger partial charge in [0, 0.05) is 38.1 Å². The van der Waals surface area contributed by atoms with Gasteiger partial charge < -0.3 is 14.5 Å². The summed E-state index contributed by atoms with van der Waals surface area (Å²) in [5, 5.41) is 0. The van der Waals surface area contributed by atoms with E-state index in [1.165, 1.54) is 12.8 Å². The number of benzene rings is 1. The molecule has 0 saturated carbocycles. The zero-order chi connectivity index (χ0) is 15.4. The Morgan fingerprint density at radius 1 is 1.00 bits per heavy atom. The molecule has 5 heteroatoms. The van der Waals surface area contributed by atoms with Crippen LogP contribution in [0.1, 0.15) is 10.4 Å². The summed E-state index contributed by atoms with van der Waals surface area (Å²) >= 11 is 0. The maximum Gasteiger partial charge on any atom is 0.341 e. The molecule has 1 aromatic heterocycles. The molecule has 0 atom stereocenters. The minimum Gasteiger partial charge on any atom is -0.465 e. The number of carbonyl (C=O) groups excluding carboxylic acids is 1. The third-order valence-corrected chi connectivity index (χ3v) is 3.89. The maximum atomic E-state index is 11.9. The zero-order valence-electron chi connectivity index (χ0n) is 12.6. The van der Waals surface area contributed by atoms with Crippen molar-refractivity contribution in [2.45, 2.75) is 0 Å². The molecule has 0 spiro atoms. The Kier molecular flexibility index (Phi) is 4.23. The highest BCUT2D eigenvalue weighted by molar-refractivity contribution is 5.94. The van der Waals surface area contributed by atoms with Crippen LogP contribution in [0.3, 0.4) is 0 Å². The second-order valence-corrected chi connectivity index (χ2v) is 5.18. The summed E-state index contributed by atoms with van der Waals surface area (Å²) in [5.41, 5.74) is 1.76. The summed E-state index contributed by atoms with van der Waals surface area (Å²) in [6, 6.07) is 13.9. The molecule has 5 nitrogen and oxygen atoms in total. The van der Waals surface area contributed by atoms with Crippen molar-refractivity contribution in [2.75, 3.05) is 43.1 Å². The van der Waals surface area contributed by atoms with Crippen LogP contribution in [0.15, 0.2) is 48.7 Å². The Balaban J connectivity index is 1.73. The summed E-state index contributed by atoms with van der Waals surface area (Å²) in [6.45, 7) is 3.47. The number of anilines is 2. The molecular weight excluding hydrogens is 278 g/mol. The molecule has 3 rings (SSSR count). The number of hydrogen-bond acceptors (Lipinski definition) is 5. The van der Waals surface area contributed by atoms with Gasteiger partial charge >= 0.3 is 5.97 Å². The molecule has 114 valence electrons. The lowest BCUT2D eigenvalue weighted by Crippen LogP contribution is -2.47. The number of carbonyl (C=O) groups is 1. The van der Waals surface area contributed by atoms with E-state index in [-0.39, 0.29) is 5.97 Å². The summed E-state index contributed by atoms with van der Waals surface area (Å²) in [5.74, 6) is 0.371. The van der Waals surface area contributed by atoms with E-state index >= 15 is 0 Å². The van der Waals surface area contributed by atoms with Crippen LogP contribution in [0.4, 0.5) is 11.5 Å². The molecule has 1 aliphatic heterocycles. The topological polar surface area (TPSA) is 45.7 Å². The fraction of sp³-hybridized carbons (Fsp3) is 0.294. The maximum absolute atomic E-state index is 11.9. The van der Waals surface area contributed by atoms with E-state index < -0.39 is 0 Å². The second-order valence-electron chi connectivity index (χ2n) is 5.18. The summed E-state index contributed by atoms with van der Waals surface area (Å²) in [4.78, 5) is 20.7. The predicted molar refractivity (Wildman–Crippen MR) is 86.4 cm³/mol. The first kappa shape index (κ1) is 14.4. The van der Waals surface area contributed by atoms with Gasteiger partial charge in [0.1, 0.15) is 11.4 Å². The van der Waals surface area contributed by atoms with Crippen molar-refractivity contribution in [3.63, 3.8) is 0 Å². The van der Waals surface area contributed by atoms with E-state index in [1.807, 2.05) is 6.07 Å². The van der Waals surface area contributed by atoms with Crippen LogP contribution < -0.4 is 9.80 Å². The molecule has 0 radical (unpaired) electrons. The molecule has 1 saturated heterocycles. The smallest absolute Gasteiger partial charge is 0.341 e. The first-order valence-corrected chi connectivity index (χ1v) is 7.38. The Labute approximate surface area is 130 Å². The molecule has 1 aliphatic rings. The number of rotatable bonds is 3. The minimum atomic E-state index is -0.339. The van der Waals surface area contributed by atoms with Crippen molar-refractivity contribution < 1.29 is 9.53 Å². The number of ether oxygens (including phenoxy) is 1. The molecule has 0 unspecified atom stereocenters. The zero-order valence-corrected chi connectivity index (χ0v) is 12.6. The van der Waals surface area contributed by atoms with Gasteiger partial charge in [0.2, 0.25) is 0 Å². The normalized spacial score (nSPS) is 14.8. The molecular formula is C17H19N3O2. The van der Waals surface area contributed by atoms with E-state index in [1.54, 1.807) is 18.3 Å². The number of para-hydroxylation sites is 1. The molecule has 22 heavy (non-hydrogen) atoms. The van der Waals surface area contributed by atoms with Gasteiger partial charge in [-0.1, -0.05) is 18.2 Å². The van der Waals surface area contributed by atoms with Gasteiger partial charge in [-0.05, 0) is 24.3 Å². The fourth-order valence-electron chi connectivity index (χ4n) is 2.73. The fourth-order valence-corrected chi connectivity index (χ4v) is 2.73. The lowest BCUT2D eigenvalue weighted by atomic mass is 10.2. The third kappa shape index (κ3) is 2.88. The second kappa shape index (κ2) is 6.47. The van der Waals surface area contributed by atoms with Gasteiger partial charge in [-0.3, -0.25) is 0 Å². The standard InChI is InChI=1S/C17H19N3O2/c1-22-17(21)15-8-5-9-18-16(15)20-12-10-19(11-13-20)14-6-3-2-4-7-14/h2-9H,10-13H2,1H3. The van der Waals surface area contributed by atoms with Gasteiger partial charge in [0.15, 0.2) is 0 Å². The number of pyridine rings is 1. The number of hydrogen-bond donors (Lipinski definition) is 0. The van der Waals surface area contributed by atoms with Crippen LogP contribution in [-0.2, 0) is 4.74 Å². The molecule has 0 N–H and O–H groups in total. The largest absolute Gasteiger partial charge is 0.465 e. The van der Waals surface area contributed by atoms with Gasteiger partial charge in [-0.2, -0.15) is 0 Å². The lowest BCUT2D eigenvalue weighted by molar-refractivity contribution is 0.0601. The van der Waals surface area contributed by atoms with Crippen LogP contribution in [0.2, 0.25) is 0 Å². The van der Waals surface area contributed by atoms with E-state index in [4.69, 9.17) is 4.74 Å². The number of esters is 1. The van der Waals surface area contributed by atoms with E-state index in [2.05, 4.69) is 39.0 Å². The molecule has 2 heterocycles. The van der Waals surface area contributed by atoms with Crippen LogP contribution in [0.5, 0.6) is 0 Å². The molecule has 1 fully saturated rings. The Bertz CT molecular complexity index is 637. The number of nitrogens with zero attached hydrogens (tertiary/aromatic N) is 3. The van der Waals surface area contributed by atoms with Crippen molar-refractivity contribution in [1.29, 1.82) is 0 Å². The average molecular weight is 297 g/mol. The van der Waals surface area contributed by atoms with Crippen LogP contribution in [-0.4, -0.2) is 44.2 Å². The quantitative estimate of drug-likeness (QED) is 0.813. The van der Waals surface area contributed by atoms with E-state index in [9.17, 15) is 4.79 Å². The van der Waals surface area contributed by atoms with Gasteiger partial charge in [0.25, 0.3) is 0 Å². The SMILES string of the molecule is COC(=O)c1cccnc1N1CCN(c2ccccc2)CC1. The van der Waals surface area contributed by atoms with Crippen molar-refractivity contribution in [3.05, 3.63) is 54.2 Å². The first-order chi connectivity index (χ1) is 10.8. The molecule has 0 amide bonds. The first-order valence-electron chi connectivity index (χ1n) is 7.38. The Morgan fingerprint density at radius 2 is 1.68 bits per heavy atom. The lowest BCUT2D eigenvalue weighted by Gasteiger charge is -2.37. The molecule has 1 aromatic carbocycles. The van der Waals surface area contributed by atoms with Gasteiger partial charge in [0.05, 0.1) is 7.11 Å². The number of methoxy groups -OCH3 is 1. The highest BCUT2D eigenvalue weighted by Crippen LogP contribution is 2.22. The highest BCUT2D eigenvalue weighted by Gasteiger charge is 2.22. The number of piperazine rings is 1. The minimum absolute atomic E-state index is 0.339. The molecule has 2 aromatic rings. The van der Waals surface area contributed by atoms with E-state index in [0.717, 1.165) is 26.2 Å². The van der Waals surface area contributed by atoms with Crippen molar-refractivity contribution in [2.24, 2.45) is 0 Å². The summed E-state index contributed by atoms with van der Waals surface area (Å²) in [7, 11) is 1.40.